The van der Waals surface area contributed by atoms with Crippen molar-refractivity contribution in [1.82, 2.24) is 15.1 Å². The van der Waals surface area contributed by atoms with Gasteiger partial charge in [0.25, 0.3) is 5.91 Å². The summed E-state index contributed by atoms with van der Waals surface area (Å²) in [6.07, 6.45) is 1.84. The van der Waals surface area contributed by atoms with Crippen molar-refractivity contribution in [2.45, 2.75) is 38.6 Å². The maximum atomic E-state index is 12.2. The number of hydrogen-bond acceptors (Lipinski definition) is 3. The van der Waals surface area contributed by atoms with E-state index in [0.29, 0.717) is 18.2 Å². The minimum Gasteiger partial charge on any atom is -0.394 e. The number of likely N-dealkylation sites (tertiary alicyclic amines) is 1. The average molecular weight is 237 g/mol. The van der Waals surface area contributed by atoms with Gasteiger partial charge in [-0.05, 0) is 24.8 Å². The van der Waals surface area contributed by atoms with Crippen LogP contribution in [0, 0.1) is 0 Å². The molecule has 1 aliphatic rings. The van der Waals surface area contributed by atoms with E-state index in [1.165, 1.54) is 0 Å². The zero-order valence-corrected chi connectivity index (χ0v) is 10.3. The molecule has 0 saturated carbocycles. The van der Waals surface area contributed by atoms with Gasteiger partial charge in [0.2, 0.25) is 0 Å². The predicted octanol–water partition coefficient (Wildman–Crippen LogP) is 1.13. The van der Waals surface area contributed by atoms with E-state index in [9.17, 15) is 9.90 Å². The van der Waals surface area contributed by atoms with Gasteiger partial charge in [-0.1, -0.05) is 13.8 Å². The van der Waals surface area contributed by atoms with E-state index in [4.69, 9.17) is 0 Å². The number of carbonyl (C=O) groups is 1. The second-order valence-electron chi connectivity index (χ2n) is 4.84. The summed E-state index contributed by atoms with van der Waals surface area (Å²) in [5, 5.41) is 16.1. The summed E-state index contributed by atoms with van der Waals surface area (Å²) in [5.74, 6) is 0.251. The number of aliphatic hydroxyl groups is 1. The Kier molecular flexibility index (Phi) is 3.47. The van der Waals surface area contributed by atoms with Crippen LogP contribution in [0.2, 0.25) is 0 Å². The van der Waals surface area contributed by atoms with Crippen LogP contribution in [-0.4, -0.2) is 45.3 Å². The van der Waals surface area contributed by atoms with Gasteiger partial charge in [-0.15, -0.1) is 0 Å². The smallest absolute Gasteiger partial charge is 0.274 e. The Bertz CT molecular complexity index is 400. The molecule has 1 unspecified atom stereocenters. The molecule has 0 spiro atoms. The monoisotopic (exact) mass is 237 g/mol. The van der Waals surface area contributed by atoms with Crippen molar-refractivity contribution in [3.63, 3.8) is 0 Å². The van der Waals surface area contributed by atoms with Gasteiger partial charge in [-0.25, -0.2) is 0 Å². The Labute approximate surface area is 101 Å². The second-order valence-corrected chi connectivity index (χ2v) is 4.84. The van der Waals surface area contributed by atoms with Crippen molar-refractivity contribution in [1.29, 1.82) is 0 Å². The van der Waals surface area contributed by atoms with Crippen LogP contribution in [0.4, 0.5) is 0 Å². The Morgan fingerprint density at radius 3 is 3.06 bits per heavy atom. The van der Waals surface area contributed by atoms with Crippen molar-refractivity contribution < 1.29 is 9.90 Å². The van der Waals surface area contributed by atoms with Gasteiger partial charge in [0.15, 0.2) is 0 Å². The number of amides is 1. The van der Waals surface area contributed by atoms with Gasteiger partial charge < -0.3 is 10.0 Å². The molecule has 1 atom stereocenters. The fourth-order valence-corrected chi connectivity index (χ4v) is 2.18. The highest BCUT2D eigenvalue weighted by atomic mass is 16.3. The van der Waals surface area contributed by atoms with E-state index in [-0.39, 0.29) is 18.6 Å². The lowest BCUT2D eigenvalue weighted by Gasteiger charge is -2.21. The number of aliphatic hydroxyl groups excluding tert-OH is 1. The zero-order chi connectivity index (χ0) is 12.4. The van der Waals surface area contributed by atoms with Crippen LogP contribution in [0.5, 0.6) is 0 Å². The van der Waals surface area contributed by atoms with E-state index < -0.39 is 0 Å². The molecule has 1 aromatic rings. The molecule has 5 heteroatoms. The first kappa shape index (κ1) is 12.1. The van der Waals surface area contributed by atoms with Gasteiger partial charge in [0.05, 0.1) is 12.6 Å². The van der Waals surface area contributed by atoms with Crippen molar-refractivity contribution in [2.75, 3.05) is 13.2 Å². The molecule has 0 aromatic carbocycles. The molecule has 0 aliphatic carbocycles. The number of hydrogen-bond donors (Lipinski definition) is 2. The third kappa shape index (κ3) is 2.34. The standard InChI is InChI=1S/C12H19N3O2/c1-8(2)10-6-11(14-13-10)12(17)15-5-3-4-9(15)7-16/h6,8-9,16H,3-5,7H2,1-2H3,(H,13,14). The first-order valence-electron chi connectivity index (χ1n) is 6.10. The molecule has 1 aromatic heterocycles. The molecular weight excluding hydrogens is 218 g/mol. The molecule has 2 N–H and O–H groups in total. The SMILES string of the molecule is CC(C)c1cc(C(=O)N2CCCC2CO)n[nH]1. The topological polar surface area (TPSA) is 69.2 Å². The highest BCUT2D eigenvalue weighted by Gasteiger charge is 2.30. The molecule has 94 valence electrons. The Hall–Kier alpha value is -1.36. The van der Waals surface area contributed by atoms with Gasteiger partial charge in [-0.3, -0.25) is 9.89 Å². The van der Waals surface area contributed by atoms with Crippen LogP contribution in [0.25, 0.3) is 0 Å². The van der Waals surface area contributed by atoms with Crippen LogP contribution in [0.15, 0.2) is 6.07 Å². The summed E-state index contributed by atoms with van der Waals surface area (Å²) >= 11 is 0. The largest absolute Gasteiger partial charge is 0.394 e. The molecule has 1 amide bonds. The van der Waals surface area contributed by atoms with Crippen molar-refractivity contribution in [3.05, 3.63) is 17.5 Å². The van der Waals surface area contributed by atoms with Gasteiger partial charge in [0.1, 0.15) is 5.69 Å². The normalized spacial score (nSPS) is 20.2. The van der Waals surface area contributed by atoms with Crippen LogP contribution in [0.3, 0.4) is 0 Å². The summed E-state index contributed by atoms with van der Waals surface area (Å²) in [6.45, 7) is 4.85. The van der Waals surface area contributed by atoms with Crippen LogP contribution >= 0.6 is 0 Å². The molecule has 0 radical (unpaired) electrons. The molecule has 17 heavy (non-hydrogen) atoms. The number of nitrogens with zero attached hydrogens (tertiary/aromatic N) is 2. The lowest BCUT2D eigenvalue weighted by molar-refractivity contribution is 0.0671. The molecule has 0 bridgehead atoms. The number of nitrogens with one attached hydrogen (secondary N) is 1. The van der Waals surface area contributed by atoms with Crippen molar-refractivity contribution in [3.8, 4) is 0 Å². The molecule has 1 aliphatic heterocycles. The summed E-state index contributed by atoms with van der Waals surface area (Å²) in [4.78, 5) is 13.9. The number of carbonyl (C=O) groups excluding carboxylic acids is 1. The fraction of sp³-hybridized carbons (Fsp3) is 0.667. The van der Waals surface area contributed by atoms with Gasteiger partial charge in [-0.2, -0.15) is 5.10 Å². The Morgan fingerprint density at radius 2 is 2.47 bits per heavy atom. The molecule has 1 fully saturated rings. The number of aromatic nitrogens is 2. The van der Waals surface area contributed by atoms with Gasteiger partial charge >= 0.3 is 0 Å². The fourth-order valence-electron chi connectivity index (χ4n) is 2.18. The van der Waals surface area contributed by atoms with E-state index in [0.717, 1.165) is 18.5 Å². The van der Waals surface area contributed by atoms with Crippen LogP contribution < -0.4 is 0 Å². The highest BCUT2D eigenvalue weighted by Crippen LogP contribution is 2.20. The summed E-state index contributed by atoms with van der Waals surface area (Å²) in [6, 6.07) is 1.77. The lowest BCUT2D eigenvalue weighted by Crippen LogP contribution is -2.37. The third-order valence-electron chi connectivity index (χ3n) is 3.29. The van der Waals surface area contributed by atoms with E-state index >= 15 is 0 Å². The first-order valence-corrected chi connectivity index (χ1v) is 6.10. The second kappa shape index (κ2) is 4.87. The quantitative estimate of drug-likeness (QED) is 0.828. The molecule has 2 rings (SSSR count). The first-order chi connectivity index (χ1) is 8.13. The Balaban J connectivity index is 2.13. The molecule has 1 saturated heterocycles. The number of rotatable bonds is 3. The number of H-pyrrole nitrogens is 1. The molecule has 2 heterocycles. The maximum absolute atomic E-state index is 12.2. The summed E-state index contributed by atoms with van der Waals surface area (Å²) < 4.78 is 0. The van der Waals surface area contributed by atoms with Crippen LogP contribution in [0.1, 0.15) is 48.8 Å². The van der Waals surface area contributed by atoms with Gasteiger partial charge in [0, 0.05) is 12.2 Å². The molecular formula is C12H19N3O2. The third-order valence-corrected chi connectivity index (χ3v) is 3.29. The average Bonchev–Trinajstić information content (AvgIpc) is 2.96. The van der Waals surface area contributed by atoms with E-state index in [1.54, 1.807) is 11.0 Å². The zero-order valence-electron chi connectivity index (χ0n) is 10.3. The minimum absolute atomic E-state index is 0.0349. The summed E-state index contributed by atoms with van der Waals surface area (Å²) in [7, 11) is 0. The summed E-state index contributed by atoms with van der Waals surface area (Å²) in [5.41, 5.74) is 1.42. The maximum Gasteiger partial charge on any atom is 0.274 e. The van der Waals surface area contributed by atoms with E-state index in [2.05, 4.69) is 10.2 Å². The lowest BCUT2D eigenvalue weighted by atomic mass is 10.1. The molecule has 5 nitrogen and oxygen atoms in total. The Morgan fingerprint density at radius 1 is 1.71 bits per heavy atom. The number of aromatic amines is 1. The van der Waals surface area contributed by atoms with Crippen molar-refractivity contribution in [2.24, 2.45) is 0 Å². The van der Waals surface area contributed by atoms with E-state index in [1.807, 2.05) is 13.8 Å². The highest BCUT2D eigenvalue weighted by molar-refractivity contribution is 5.92. The van der Waals surface area contributed by atoms with Crippen molar-refractivity contribution >= 4 is 5.91 Å². The predicted molar refractivity (Wildman–Crippen MR) is 63.8 cm³/mol. The van der Waals surface area contributed by atoms with Crippen LogP contribution in [-0.2, 0) is 0 Å². The minimum atomic E-state index is -0.0790.